The van der Waals surface area contributed by atoms with Gasteiger partial charge in [0.1, 0.15) is 23.1 Å². The fourth-order valence-electron chi connectivity index (χ4n) is 2.72. The van der Waals surface area contributed by atoms with E-state index in [1.165, 1.54) is 0 Å². The lowest BCUT2D eigenvalue weighted by Gasteiger charge is -2.10. The summed E-state index contributed by atoms with van der Waals surface area (Å²) in [5.74, 6) is -5.03. The van der Waals surface area contributed by atoms with E-state index in [1.807, 2.05) is 0 Å². The zero-order chi connectivity index (χ0) is 23.1. The number of aromatic nitrogens is 1. The molecule has 2 aromatic carbocycles. The van der Waals surface area contributed by atoms with Crippen LogP contribution >= 0.6 is 0 Å². The zero-order valence-corrected chi connectivity index (χ0v) is 15.6. The first kappa shape index (κ1) is 22.6. The number of sulfonamides is 1. The first-order valence-corrected chi connectivity index (χ1v) is 9.48. The van der Waals surface area contributed by atoms with Crippen LogP contribution in [0.25, 0.3) is 22.4 Å². The molecule has 0 atom stereocenters. The third-order valence-corrected chi connectivity index (χ3v) is 4.81. The number of hydrogen-bond donors (Lipinski definition) is 1. The molecule has 0 aliphatic carbocycles. The third kappa shape index (κ3) is 4.80. The minimum Gasteiger partial charge on any atom is -0.406 e. The molecule has 166 valence electrons. The van der Waals surface area contributed by atoms with Crippen LogP contribution < -0.4 is 9.88 Å². The summed E-state index contributed by atoms with van der Waals surface area (Å²) in [5, 5.41) is 8.15. The highest BCUT2D eigenvalue weighted by Crippen LogP contribution is 2.40. The zero-order valence-electron chi connectivity index (χ0n) is 14.8. The number of halogens is 7. The molecule has 6 nitrogen and oxygen atoms in total. The molecule has 3 aromatic rings. The van der Waals surface area contributed by atoms with E-state index < -0.39 is 67.7 Å². The Kier molecular flexibility index (Phi) is 5.71. The summed E-state index contributed by atoms with van der Waals surface area (Å²) in [4.78, 5) is -1.47. The van der Waals surface area contributed by atoms with Crippen molar-refractivity contribution in [3.63, 3.8) is 0 Å². The average Bonchev–Trinajstić information content (AvgIpc) is 3.04. The minimum atomic E-state index is -4.97. The fraction of sp³-hybridized carbons (Fsp3) is 0.118. The van der Waals surface area contributed by atoms with Gasteiger partial charge in [0.25, 0.3) is 6.43 Å². The highest BCUT2D eigenvalue weighted by atomic mass is 32.2. The van der Waals surface area contributed by atoms with Crippen LogP contribution in [0.15, 0.2) is 45.8 Å². The lowest BCUT2D eigenvalue weighted by atomic mass is 9.99. The highest BCUT2D eigenvalue weighted by molar-refractivity contribution is 7.89. The van der Waals surface area contributed by atoms with Crippen molar-refractivity contribution in [3.05, 3.63) is 53.8 Å². The first-order valence-electron chi connectivity index (χ1n) is 7.94. The smallest absolute Gasteiger partial charge is 0.406 e. The van der Waals surface area contributed by atoms with Crippen LogP contribution in [0.3, 0.4) is 0 Å². The predicted octanol–water partition coefficient (Wildman–Crippen LogP) is 4.77. The van der Waals surface area contributed by atoms with Crippen LogP contribution in [0, 0.1) is 11.6 Å². The van der Waals surface area contributed by atoms with Crippen LogP contribution in [0.2, 0.25) is 0 Å². The minimum absolute atomic E-state index is 0.0588. The van der Waals surface area contributed by atoms with Crippen LogP contribution in [-0.4, -0.2) is 19.9 Å². The fourth-order valence-corrected chi connectivity index (χ4v) is 3.38. The predicted molar refractivity (Wildman–Crippen MR) is 90.3 cm³/mol. The standard InChI is InChI=1S/C17H9F7N2O4S/c18-10-5-8(6-11(19)15(10)31(25,27)28)12-13(26-30-14(12)16(20)21)7-1-3-9(4-2-7)29-17(22,23)24/h1-6,16H,(H2,25,27,28). The van der Waals surface area contributed by atoms with E-state index >= 15 is 0 Å². The van der Waals surface area contributed by atoms with Gasteiger partial charge in [-0.05, 0) is 42.0 Å². The van der Waals surface area contributed by atoms with Crippen molar-refractivity contribution >= 4 is 10.0 Å². The third-order valence-electron chi connectivity index (χ3n) is 3.85. The molecule has 0 amide bonds. The summed E-state index contributed by atoms with van der Waals surface area (Å²) in [6, 6.07) is 4.62. The molecular formula is C17H9F7N2O4S. The van der Waals surface area contributed by atoms with E-state index in [-0.39, 0.29) is 5.56 Å². The summed E-state index contributed by atoms with van der Waals surface area (Å²) in [7, 11) is -4.80. The van der Waals surface area contributed by atoms with Gasteiger partial charge in [0.2, 0.25) is 15.8 Å². The van der Waals surface area contributed by atoms with Crippen LogP contribution in [0.4, 0.5) is 30.7 Å². The number of alkyl halides is 5. The molecule has 0 saturated heterocycles. The van der Waals surface area contributed by atoms with Crippen molar-refractivity contribution in [1.29, 1.82) is 0 Å². The maximum absolute atomic E-state index is 14.2. The molecule has 0 unspecified atom stereocenters. The van der Waals surface area contributed by atoms with Gasteiger partial charge in [-0.25, -0.2) is 31.1 Å². The summed E-state index contributed by atoms with van der Waals surface area (Å²) >= 11 is 0. The molecule has 0 aliphatic rings. The Morgan fingerprint density at radius 3 is 2.00 bits per heavy atom. The van der Waals surface area contributed by atoms with Crippen molar-refractivity contribution in [2.45, 2.75) is 17.7 Å². The highest BCUT2D eigenvalue weighted by Gasteiger charge is 2.32. The number of rotatable bonds is 5. The average molecular weight is 470 g/mol. The quantitative estimate of drug-likeness (QED) is 0.542. The van der Waals surface area contributed by atoms with E-state index in [0.29, 0.717) is 12.1 Å². The second kappa shape index (κ2) is 7.85. The van der Waals surface area contributed by atoms with Gasteiger partial charge in [-0.1, -0.05) is 5.16 Å². The van der Waals surface area contributed by atoms with Gasteiger partial charge in [-0.2, -0.15) is 0 Å². The Bertz CT molecular complexity index is 1200. The number of primary sulfonamides is 1. The molecule has 0 bridgehead atoms. The van der Waals surface area contributed by atoms with Gasteiger partial charge in [-0.15, -0.1) is 13.2 Å². The van der Waals surface area contributed by atoms with Crippen molar-refractivity contribution in [2.75, 3.05) is 0 Å². The molecule has 31 heavy (non-hydrogen) atoms. The SMILES string of the molecule is NS(=O)(=O)c1c(F)cc(-c2c(-c3ccc(OC(F)(F)F)cc3)noc2C(F)F)cc1F. The van der Waals surface area contributed by atoms with E-state index in [0.717, 1.165) is 24.3 Å². The van der Waals surface area contributed by atoms with E-state index in [2.05, 4.69) is 14.4 Å². The summed E-state index contributed by atoms with van der Waals surface area (Å²) in [5.41, 5.74) is -1.62. The van der Waals surface area contributed by atoms with Gasteiger partial charge in [0.15, 0.2) is 4.90 Å². The van der Waals surface area contributed by atoms with Crippen LogP contribution in [-0.2, 0) is 10.0 Å². The molecule has 0 radical (unpaired) electrons. The van der Waals surface area contributed by atoms with Gasteiger partial charge in [-0.3, -0.25) is 0 Å². The molecule has 0 aliphatic heterocycles. The summed E-state index contributed by atoms with van der Waals surface area (Å²) in [6.07, 6.45) is -8.27. The largest absolute Gasteiger partial charge is 0.573 e. The molecule has 1 aromatic heterocycles. The van der Waals surface area contributed by atoms with E-state index in [9.17, 15) is 39.2 Å². The Balaban J connectivity index is 2.15. The number of benzene rings is 2. The Morgan fingerprint density at radius 1 is 1.00 bits per heavy atom. The number of nitrogens with two attached hydrogens (primary N) is 1. The second-order valence-corrected chi connectivity index (χ2v) is 7.46. The lowest BCUT2D eigenvalue weighted by molar-refractivity contribution is -0.274. The Hall–Kier alpha value is -3.13. The van der Waals surface area contributed by atoms with Crippen molar-refractivity contribution in [1.82, 2.24) is 5.16 Å². The second-order valence-electron chi connectivity index (χ2n) is 5.96. The normalized spacial score (nSPS) is 12.4. The number of ether oxygens (including phenoxy) is 1. The van der Waals surface area contributed by atoms with Gasteiger partial charge in [0.05, 0.1) is 5.56 Å². The Labute approximate surface area is 169 Å². The number of nitrogens with zero attached hydrogens (tertiary/aromatic N) is 1. The first-order chi connectivity index (χ1) is 14.3. The molecule has 0 spiro atoms. The number of hydrogen-bond acceptors (Lipinski definition) is 5. The van der Waals surface area contributed by atoms with Crippen LogP contribution in [0.1, 0.15) is 12.2 Å². The lowest BCUT2D eigenvalue weighted by Crippen LogP contribution is -2.16. The summed E-state index contributed by atoms with van der Waals surface area (Å²) in [6.45, 7) is 0. The molecule has 1 heterocycles. The van der Waals surface area contributed by atoms with Crippen LogP contribution in [0.5, 0.6) is 5.75 Å². The maximum Gasteiger partial charge on any atom is 0.573 e. The van der Waals surface area contributed by atoms with E-state index in [1.54, 1.807) is 0 Å². The molecular weight excluding hydrogens is 461 g/mol. The molecule has 14 heteroatoms. The van der Waals surface area contributed by atoms with Gasteiger partial charge >= 0.3 is 6.36 Å². The van der Waals surface area contributed by atoms with Crippen molar-refractivity contribution < 1.29 is 48.4 Å². The van der Waals surface area contributed by atoms with E-state index in [4.69, 9.17) is 5.14 Å². The molecule has 0 fully saturated rings. The summed E-state index contributed by atoms with van der Waals surface area (Å²) < 4.78 is 123. The van der Waals surface area contributed by atoms with Gasteiger partial charge in [0, 0.05) is 5.56 Å². The molecule has 3 rings (SSSR count). The topological polar surface area (TPSA) is 95.4 Å². The molecule has 0 saturated carbocycles. The molecule has 2 N–H and O–H groups in total. The Morgan fingerprint density at radius 2 is 1.55 bits per heavy atom. The van der Waals surface area contributed by atoms with Gasteiger partial charge < -0.3 is 9.26 Å². The van der Waals surface area contributed by atoms with Crippen molar-refractivity contribution in [3.8, 4) is 28.1 Å². The van der Waals surface area contributed by atoms with Crippen molar-refractivity contribution in [2.24, 2.45) is 5.14 Å². The monoisotopic (exact) mass is 470 g/mol. The maximum atomic E-state index is 14.2.